The van der Waals surface area contributed by atoms with Gasteiger partial charge in [0.15, 0.2) is 5.78 Å². The zero-order valence-electron chi connectivity index (χ0n) is 11.7. The fourth-order valence-corrected chi connectivity index (χ4v) is 3.62. The summed E-state index contributed by atoms with van der Waals surface area (Å²) < 4.78 is 0. The molecule has 3 atom stereocenters. The highest BCUT2D eigenvalue weighted by molar-refractivity contribution is 7.80. The maximum Gasteiger partial charge on any atom is 0.321 e. The van der Waals surface area contributed by atoms with Crippen molar-refractivity contribution in [1.29, 1.82) is 0 Å². The Labute approximate surface area is 132 Å². The number of aliphatic carboxylic acids is 1. The average Bonchev–Trinajstić information content (AvgIpc) is 3.01. The highest BCUT2D eigenvalue weighted by Gasteiger charge is 2.43. The smallest absolute Gasteiger partial charge is 0.321 e. The summed E-state index contributed by atoms with van der Waals surface area (Å²) in [6.07, 6.45) is 0.579. The molecular weight excluding hydrogens is 302 g/mol. The van der Waals surface area contributed by atoms with Crippen LogP contribution in [0.3, 0.4) is 0 Å². The van der Waals surface area contributed by atoms with Crippen molar-refractivity contribution in [2.75, 3.05) is 6.54 Å². The van der Waals surface area contributed by atoms with Gasteiger partial charge in [0.05, 0.1) is 5.92 Å². The first-order valence-electron chi connectivity index (χ1n) is 7.12. The molecule has 1 aliphatic carbocycles. The number of fused-ring (bicyclic) bond motifs is 1. The molecule has 1 aromatic rings. The molecule has 0 radical (unpaired) electrons. The first-order chi connectivity index (χ1) is 10.5. The Bertz CT molecular complexity index is 684. The van der Waals surface area contributed by atoms with Crippen molar-refractivity contribution in [1.82, 2.24) is 5.32 Å². The SMILES string of the molecule is O=C1c2ccccc2CC1CC(=O)C1C(=S)CN[C@@H]1C(=O)O. The maximum absolute atomic E-state index is 12.5. The quantitative estimate of drug-likeness (QED) is 0.808. The van der Waals surface area contributed by atoms with Crippen molar-refractivity contribution in [3.05, 3.63) is 35.4 Å². The van der Waals surface area contributed by atoms with Gasteiger partial charge in [0, 0.05) is 29.3 Å². The van der Waals surface area contributed by atoms with E-state index in [-0.39, 0.29) is 24.5 Å². The van der Waals surface area contributed by atoms with E-state index in [0.29, 0.717) is 16.8 Å². The van der Waals surface area contributed by atoms with Crippen LogP contribution in [-0.2, 0) is 16.0 Å². The summed E-state index contributed by atoms with van der Waals surface area (Å²) in [5.74, 6) is -2.59. The maximum atomic E-state index is 12.5. The molecule has 1 saturated heterocycles. The van der Waals surface area contributed by atoms with Gasteiger partial charge in [-0.2, -0.15) is 0 Å². The number of hydrogen-bond donors (Lipinski definition) is 2. The lowest BCUT2D eigenvalue weighted by Gasteiger charge is -2.16. The standard InChI is InChI=1S/C16H15NO4S/c18-11(13-12(22)7-17-14(13)16(20)21)6-9-5-8-3-1-2-4-10(8)15(9)19/h1-4,9,13-14,17H,5-7H2,(H,20,21)/t9?,13?,14-/m0/s1. The van der Waals surface area contributed by atoms with E-state index in [1.807, 2.05) is 12.1 Å². The molecule has 0 amide bonds. The van der Waals surface area contributed by atoms with Crippen LogP contribution in [0.1, 0.15) is 22.3 Å². The Morgan fingerprint density at radius 1 is 1.32 bits per heavy atom. The lowest BCUT2D eigenvalue weighted by Crippen LogP contribution is -2.40. The van der Waals surface area contributed by atoms with Crippen LogP contribution >= 0.6 is 12.2 Å². The second-order valence-electron chi connectivity index (χ2n) is 5.73. The topological polar surface area (TPSA) is 83.5 Å². The molecule has 114 valence electrons. The zero-order chi connectivity index (χ0) is 15.9. The minimum Gasteiger partial charge on any atom is -0.480 e. The molecular formula is C16H15NO4S. The molecule has 1 aromatic carbocycles. The largest absolute Gasteiger partial charge is 0.480 e. The third-order valence-corrected chi connectivity index (χ3v) is 4.76. The molecule has 5 nitrogen and oxygen atoms in total. The summed E-state index contributed by atoms with van der Waals surface area (Å²) in [6, 6.07) is 6.35. The van der Waals surface area contributed by atoms with Crippen LogP contribution in [-0.4, -0.2) is 40.1 Å². The molecule has 2 unspecified atom stereocenters. The van der Waals surface area contributed by atoms with E-state index < -0.39 is 23.8 Å². The molecule has 6 heteroatoms. The number of hydrogen-bond acceptors (Lipinski definition) is 5. The molecule has 0 saturated carbocycles. The summed E-state index contributed by atoms with van der Waals surface area (Å²) in [6.45, 7) is 0.252. The molecule has 0 bridgehead atoms. The van der Waals surface area contributed by atoms with Gasteiger partial charge in [-0.25, -0.2) is 0 Å². The number of carboxylic acids is 1. The second-order valence-corrected chi connectivity index (χ2v) is 6.26. The van der Waals surface area contributed by atoms with E-state index in [2.05, 4.69) is 5.32 Å². The lowest BCUT2D eigenvalue weighted by atomic mass is 9.87. The molecule has 3 rings (SSSR count). The summed E-state index contributed by atoms with van der Waals surface area (Å²) in [5, 5.41) is 11.9. The van der Waals surface area contributed by atoms with Crippen LogP contribution in [0.2, 0.25) is 0 Å². The van der Waals surface area contributed by atoms with E-state index in [1.165, 1.54) is 0 Å². The van der Waals surface area contributed by atoms with E-state index in [0.717, 1.165) is 5.56 Å². The Morgan fingerprint density at radius 2 is 2.05 bits per heavy atom. The second kappa shape index (κ2) is 5.70. The van der Waals surface area contributed by atoms with Crippen molar-refractivity contribution in [3.8, 4) is 0 Å². The summed E-state index contributed by atoms with van der Waals surface area (Å²) in [4.78, 5) is 36.4. The molecule has 0 aromatic heterocycles. The van der Waals surface area contributed by atoms with Gasteiger partial charge in [-0.05, 0) is 12.0 Å². The van der Waals surface area contributed by atoms with Crippen LogP contribution in [0.25, 0.3) is 0 Å². The van der Waals surface area contributed by atoms with E-state index in [1.54, 1.807) is 12.1 Å². The number of thiocarbonyl (C=S) groups is 1. The molecule has 1 heterocycles. The third-order valence-electron chi connectivity index (χ3n) is 4.36. The average molecular weight is 317 g/mol. The Morgan fingerprint density at radius 3 is 2.73 bits per heavy atom. The van der Waals surface area contributed by atoms with Crippen LogP contribution < -0.4 is 5.32 Å². The minimum absolute atomic E-state index is 0.0345. The van der Waals surface area contributed by atoms with Crippen molar-refractivity contribution >= 4 is 34.6 Å². The fourth-order valence-electron chi connectivity index (χ4n) is 3.27. The molecule has 1 aliphatic heterocycles. The first-order valence-corrected chi connectivity index (χ1v) is 7.53. The lowest BCUT2D eigenvalue weighted by molar-refractivity contribution is -0.141. The van der Waals surface area contributed by atoms with Gasteiger partial charge in [0.2, 0.25) is 0 Å². The van der Waals surface area contributed by atoms with E-state index in [9.17, 15) is 14.4 Å². The fraction of sp³-hybridized carbons (Fsp3) is 0.375. The molecule has 0 spiro atoms. The van der Waals surface area contributed by atoms with Crippen molar-refractivity contribution in [3.63, 3.8) is 0 Å². The van der Waals surface area contributed by atoms with Crippen LogP contribution in [0, 0.1) is 11.8 Å². The van der Waals surface area contributed by atoms with E-state index >= 15 is 0 Å². The van der Waals surface area contributed by atoms with Crippen LogP contribution in [0.5, 0.6) is 0 Å². The van der Waals surface area contributed by atoms with Gasteiger partial charge in [0.25, 0.3) is 0 Å². The predicted molar refractivity (Wildman–Crippen MR) is 83.1 cm³/mol. The Kier molecular flexibility index (Phi) is 3.88. The molecule has 2 N–H and O–H groups in total. The van der Waals surface area contributed by atoms with Crippen molar-refractivity contribution < 1.29 is 19.5 Å². The number of carboxylic acid groups (broad SMARTS) is 1. The first kappa shape index (κ1) is 15.0. The molecule has 1 fully saturated rings. The number of nitrogens with one attached hydrogen (secondary N) is 1. The van der Waals surface area contributed by atoms with Crippen molar-refractivity contribution in [2.24, 2.45) is 11.8 Å². The van der Waals surface area contributed by atoms with Gasteiger partial charge in [-0.1, -0.05) is 36.5 Å². The molecule has 22 heavy (non-hydrogen) atoms. The Hall–Kier alpha value is -1.92. The monoisotopic (exact) mass is 317 g/mol. The Balaban J connectivity index is 1.74. The summed E-state index contributed by atoms with van der Waals surface area (Å²) >= 11 is 5.12. The van der Waals surface area contributed by atoms with Crippen molar-refractivity contribution in [2.45, 2.75) is 18.9 Å². The van der Waals surface area contributed by atoms with Gasteiger partial charge in [-0.15, -0.1) is 0 Å². The molecule has 2 aliphatic rings. The predicted octanol–water partition coefficient (Wildman–Crippen LogP) is 1.04. The van der Waals surface area contributed by atoms with Crippen LogP contribution in [0.15, 0.2) is 24.3 Å². The normalized spacial score (nSPS) is 27.0. The zero-order valence-corrected chi connectivity index (χ0v) is 12.6. The number of Topliss-reactive ketones (excluding diaryl/α,β-unsaturated/α-hetero) is 2. The summed E-state index contributed by atoms with van der Waals surface area (Å²) in [7, 11) is 0. The van der Waals surface area contributed by atoms with Gasteiger partial charge in [-0.3, -0.25) is 19.7 Å². The highest BCUT2D eigenvalue weighted by atomic mass is 32.1. The highest BCUT2D eigenvalue weighted by Crippen LogP contribution is 2.30. The summed E-state index contributed by atoms with van der Waals surface area (Å²) in [5.41, 5.74) is 1.62. The number of rotatable bonds is 4. The minimum atomic E-state index is -1.08. The number of carbonyl (C=O) groups is 3. The van der Waals surface area contributed by atoms with Gasteiger partial charge < -0.3 is 5.11 Å². The van der Waals surface area contributed by atoms with E-state index in [4.69, 9.17) is 17.3 Å². The third kappa shape index (κ3) is 2.48. The number of ketones is 2. The number of carbonyl (C=O) groups excluding carboxylic acids is 2. The van der Waals surface area contributed by atoms with Crippen LogP contribution in [0.4, 0.5) is 0 Å². The number of benzene rings is 1. The van der Waals surface area contributed by atoms with Gasteiger partial charge >= 0.3 is 5.97 Å². The van der Waals surface area contributed by atoms with Gasteiger partial charge in [0.1, 0.15) is 11.8 Å².